The molecule has 36 heavy (non-hydrogen) atoms. The number of nitrogens with zero attached hydrogens (tertiary/aromatic N) is 2. The average Bonchev–Trinajstić information content (AvgIpc) is 3.60. The highest BCUT2D eigenvalue weighted by atomic mass is 31.1. The molecular weight excluding hydrogens is 486 g/mol. The molecule has 6 rings (SSSR count). The van der Waals surface area contributed by atoms with Crippen molar-refractivity contribution < 1.29 is 9.59 Å². The van der Waals surface area contributed by atoms with Gasteiger partial charge < -0.3 is 9.97 Å². The first kappa shape index (κ1) is 22.5. The van der Waals surface area contributed by atoms with E-state index < -0.39 is 0 Å². The molecule has 0 saturated carbocycles. The van der Waals surface area contributed by atoms with Gasteiger partial charge in [-0.1, -0.05) is 54.6 Å². The minimum absolute atomic E-state index is 0.0361. The number of benzene rings is 2. The van der Waals surface area contributed by atoms with Crippen LogP contribution in [-0.4, -0.2) is 32.0 Å². The maximum absolute atomic E-state index is 10.8. The van der Waals surface area contributed by atoms with Gasteiger partial charge in [-0.05, 0) is 63.2 Å². The van der Waals surface area contributed by atoms with Crippen molar-refractivity contribution in [3.63, 3.8) is 0 Å². The van der Waals surface area contributed by atoms with Crippen LogP contribution in [0.2, 0.25) is 0 Å². The lowest BCUT2D eigenvalue weighted by atomic mass is 10.1. The Morgan fingerprint density at radius 1 is 0.583 bits per heavy atom. The lowest BCUT2D eigenvalue weighted by Crippen LogP contribution is -1.97. The standard InChI is InChI=1S/C28H20N4O2P2/c33-15-35-27-29-14-26(32-27)19-5-1-18(2-6-19)23-11-20-7-3-17(4-8-21(20)12-23)22-9-10-24-25(13-22)31-28(30-24)36-16-34/h1-16,35-36H,(H,29,32)(H,30,31). The van der Waals surface area contributed by atoms with Crippen LogP contribution in [0.4, 0.5) is 0 Å². The Bertz CT molecular complexity index is 1650. The first-order chi connectivity index (χ1) is 17.7. The molecule has 2 aliphatic rings. The second-order valence-electron chi connectivity index (χ2n) is 8.34. The highest BCUT2D eigenvalue weighted by Gasteiger charge is 2.10. The monoisotopic (exact) mass is 506 g/mol. The fourth-order valence-electron chi connectivity index (χ4n) is 4.36. The van der Waals surface area contributed by atoms with Crippen molar-refractivity contribution in [2.24, 2.45) is 0 Å². The maximum atomic E-state index is 10.8. The summed E-state index contributed by atoms with van der Waals surface area (Å²) in [5.41, 5.74) is 12.0. The van der Waals surface area contributed by atoms with Gasteiger partial charge in [-0.2, -0.15) is 0 Å². The Labute approximate surface area is 210 Å². The van der Waals surface area contributed by atoms with E-state index in [2.05, 4.69) is 92.7 Å². The summed E-state index contributed by atoms with van der Waals surface area (Å²) >= 11 is 0. The second kappa shape index (κ2) is 9.58. The van der Waals surface area contributed by atoms with Crippen molar-refractivity contribution in [2.75, 3.05) is 0 Å². The van der Waals surface area contributed by atoms with Crippen molar-refractivity contribution in [1.82, 2.24) is 19.9 Å². The van der Waals surface area contributed by atoms with Crippen LogP contribution in [0.5, 0.6) is 0 Å². The topological polar surface area (TPSA) is 91.5 Å². The first-order valence-corrected chi connectivity index (χ1v) is 13.5. The molecular formula is C28H20N4O2P2. The molecule has 2 unspecified atom stereocenters. The minimum atomic E-state index is 0.0361. The summed E-state index contributed by atoms with van der Waals surface area (Å²) in [5, 5.41) is 0. The third-order valence-electron chi connectivity index (χ3n) is 6.15. The minimum Gasteiger partial charge on any atom is -0.338 e. The van der Waals surface area contributed by atoms with Gasteiger partial charge in [0.15, 0.2) is 0 Å². The molecule has 2 N–H and O–H groups in total. The van der Waals surface area contributed by atoms with Crippen molar-refractivity contribution >= 4 is 51.4 Å². The number of imidazole rings is 2. The largest absolute Gasteiger partial charge is 0.338 e. The van der Waals surface area contributed by atoms with Gasteiger partial charge in [0.25, 0.3) is 0 Å². The number of fused-ring (bicyclic) bond motifs is 2. The molecule has 0 radical (unpaired) electrons. The van der Waals surface area contributed by atoms with Crippen molar-refractivity contribution in [3.05, 3.63) is 85.1 Å². The molecule has 0 fully saturated rings. The quantitative estimate of drug-likeness (QED) is 0.225. The number of H-pyrrole nitrogens is 2. The summed E-state index contributed by atoms with van der Waals surface area (Å²) in [4.78, 5) is 36.7. The maximum Gasteiger partial charge on any atom is 0.146 e. The predicted octanol–water partition coefficient (Wildman–Crippen LogP) is 5.38. The molecule has 2 aromatic heterocycles. The summed E-state index contributed by atoms with van der Waals surface area (Å²) in [7, 11) is 0.0780. The normalized spacial score (nSPS) is 11.9. The van der Waals surface area contributed by atoms with Crippen molar-refractivity contribution in [1.29, 1.82) is 0 Å². The van der Waals surface area contributed by atoms with Crippen LogP contribution in [0.15, 0.2) is 85.1 Å². The highest BCUT2D eigenvalue weighted by molar-refractivity contribution is 7.62. The lowest BCUT2D eigenvalue weighted by molar-refractivity contribution is 0.569. The van der Waals surface area contributed by atoms with E-state index >= 15 is 0 Å². The van der Waals surface area contributed by atoms with Crippen LogP contribution in [-0.2, 0) is 9.59 Å². The molecule has 0 spiro atoms. The van der Waals surface area contributed by atoms with Crippen molar-refractivity contribution in [3.8, 4) is 44.6 Å². The number of hydrogen-bond acceptors (Lipinski definition) is 4. The molecule has 8 heteroatoms. The van der Waals surface area contributed by atoms with Gasteiger partial charge in [-0.25, -0.2) is 9.97 Å². The number of carbonyl (C=O) groups excluding carboxylic acids is 2. The smallest absolute Gasteiger partial charge is 0.146 e. The zero-order valence-electron chi connectivity index (χ0n) is 18.9. The molecule has 4 aromatic rings. The van der Waals surface area contributed by atoms with Gasteiger partial charge in [0.05, 0.1) is 22.9 Å². The Hall–Kier alpha value is -3.98. The van der Waals surface area contributed by atoms with Gasteiger partial charge in [-0.3, -0.25) is 9.59 Å². The number of rotatable bonds is 7. The Kier molecular flexibility index (Phi) is 5.98. The Balaban J connectivity index is 1.27. The predicted molar refractivity (Wildman–Crippen MR) is 151 cm³/mol. The van der Waals surface area contributed by atoms with Gasteiger partial charge in [0.1, 0.15) is 23.2 Å². The fraction of sp³-hybridized carbons (Fsp3) is 0. The van der Waals surface area contributed by atoms with Crippen LogP contribution in [0.25, 0.3) is 55.7 Å². The molecule has 0 saturated heterocycles. The lowest BCUT2D eigenvalue weighted by Gasteiger charge is -2.01. The van der Waals surface area contributed by atoms with Gasteiger partial charge in [-0.15, -0.1) is 0 Å². The van der Waals surface area contributed by atoms with Crippen LogP contribution in [0.3, 0.4) is 0 Å². The summed E-state index contributed by atoms with van der Waals surface area (Å²) in [6.07, 6.45) is 1.77. The van der Waals surface area contributed by atoms with Gasteiger partial charge in [0.2, 0.25) is 0 Å². The fourth-order valence-corrected chi connectivity index (χ4v) is 5.32. The number of hydrogen-bond donors (Lipinski definition) is 2. The summed E-state index contributed by atoms with van der Waals surface area (Å²) in [6, 6.07) is 29.2. The van der Waals surface area contributed by atoms with E-state index in [0.29, 0.717) is 11.1 Å². The number of nitrogens with one attached hydrogen (secondary N) is 2. The van der Waals surface area contributed by atoms with Crippen LogP contribution >= 0.6 is 17.2 Å². The Morgan fingerprint density at radius 2 is 1.14 bits per heavy atom. The zero-order valence-corrected chi connectivity index (χ0v) is 20.9. The van der Waals surface area contributed by atoms with E-state index in [4.69, 9.17) is 0 Å². The summed E-state index contributed by atoms with van der Waals surface area (Å²) < 4.78 is 0. The van der Waals surface area contributed by atoms with Gasteiger partial charge in [0, 0.05) is 17.2 Å². The molecule has 0 amide bonds. The second-order valence-corrected chi connectivity index (χ2v) is 10.3. The van der Waals surface area contributed by atoms with Gasteiger partial charge >= 0.3 is 0 Å². The van der Waals surface area contributed by atoms with Crippen LogP contribution < -0.4 is 11.1 Å². The first-order valence-electron chi connectivity index (χ1n) is 11.3. The Morgan fingerprint density at radius 3 is 1.83 bits per heavy atom. The van der Waals surface area contributed by atoms with E-state index in [9.17, 15) is 9.59 Å². The third-order valence-corrected chi connectivity index (χ3v) is 7.43. The molecule has 174 valence electrons. The SMILES string of the molecule is O=CPc1ncc(-c2ccc(-c3cc4ccc(-c5ccc6nc(PC=O)[nH]c6c5)ccc-4c3)cc2)[nH]1. The zero-order chi connectivity index (χ0) is 24.5. The number of aromatic amines is 2. The van der Waals surface area contributed by atoms with E-state index in [1.165, 1.54) is 16.7 Å². The van der Waals surface area contributed by atoms with E-state index in [1.54, 1.807) is 6.20 Å². The van der Waals surface area contributed by atoms with E-state index in [-0.39, 0.29) is 17.2 Å². The molecule has 0 bridgehead atoms. The number of aromatic nitrogens is 4. The van der Waals surface area contributed by atoms with Crippen molar-refractivity contribution in [2.45, 2.75) is 0 Å². The summed E-state index contributed by atoms with van der Waals surface area (Å²) in [6.45, 7) is 0. The highest BCUT2D eigenvalue weighted by Crippen LogP contribution is 2.34. The van der Waals surface area contributed by atoms with E-state index in [0.717, 1.165) is 51.0 Å². The average molecular weight is 506 g/mol. The molecule has 0 aliphatic heterocycles. The molecule has 2 heterocycles. The third kappa shape index (κ3) is 4.37. The molecule has 2 atom stereocenters. The molecule has 2 aliphatic carbocycles. The molecule has 6 nitrogen and oxygen atoms in total. The molecule has 2 aromatic carbocycles. The van der Waals surface area contributed by atoms with E-state index in [1.807, 2.05) is 6.07 Å². The number of carbonyl (C=O) groups is 2. The summed E-state index contributed by atoms with van der Waals surface area (Å²) in [5.74, 6) is 0. The van der Waals surface area contributed by atoms with Crippen LogP contribution in [0, 0.1) is 0 Å². The van der Waals surface area contributed by atoms with Crippen LogP contribution in [0.1, 0.15) is 0 Å².